The maximum absolute atomic E-state index is 12.9. The van der Waals surface area contributed by atoms with Crippen molar-refractivity contribution in [3.63, 3.8) is 0 Å². The smallest absolute Gasteiger partial charge is 0.362 e. The van der Waals surface area contributed by atoms with Crippen molar-refractivity contribution in [3.05, 3.63) is 227 Å². The highest BCUT2D eigenvalue weighted by molar-refractivity contribution is 5.98. The van der Waals surface area contributed by atoms with Crippen LogP contribution in [-0.4, -0.2) is 206 Å². The van der Waals surface area contributed by atoms with E-state index in [-0.39, 0.29) is 18.2 Å². The predicted molar refractivity (Wildman–Crippen MR) is 487 cm³/mol. The van der Waals surface area contributed by atoms with Crippen LogP contribution in [0.15, 0.2) is 171 Å². The third-order valence-electron chi connectivity index (χ3n) is 31.3. The predicted octanol–water partition coefficient (Wildman–Crippen LogP) is 12.0. The van der Waals surface area contributed by atoms with E-state index in [0.29, 0.717) is 40.2 Å². The number of carbonyl (C=O) groups is 1. The van der Waals surface area contributed by atoms with Crippen LogP contribution in [0.3, 0.4) is 0 Å². The number of imidazole rings is 2. The second-order valence-electron chi connectivity index (χ2n) is 37.9. The van der Waals surface area contributed by atoms with Crippen LogP contribution < -0.4 is 40.0 Å². The molecule has 10 atom stereocenters. The van der Waals surface area contributed by atoms with Crippen LogP contribution in [0.2, 0.25) is 0 Å². The third-order valence-corrected chi connectivity index (χ3v) is 31.3. The zero-order valence-electron chi connectivity index (χ0n) is 74.3. The Kier molecular flexibility index (Phi) is 23.7. The Labute approximate surface area is 740 Å². The van der Waals surface area contributed by atoms with Gasteiger partial charge in [-0.1, -0.05) is 113 Å². The lowest BCUT2D eigenvalue weighted by molar-refractivity contribution is -0.193. The van der Waals surface area contributed by atoms with Gasteiger partial charge in [0.05, 0.1) is 31.0 Å². The number of carbonyl (C=O) groups excluding carboxylic acids is 5. The lowest BCUT2D eigenvalue weighted by atomic mass is 9.94. The number of aryl methyl sites for hydroxylation is 4. The monoisotopic (exact) mass is 1700 g/mol. The molecule has 0 spiro atoms. The number of hydrogen-bond donors (Lipinski definition) is 2. The first-order valence-corrected chi connectivity index (χ1v) is 46.8. The summed E-state index contributed by atoms with van der Waals surface area (Å²) in [5.41, 5.74) is 20.8. The number of hydrogen-bond acceptors (Lipinski definition) is 21. The van der Waals surface area contributed by atoms with Crippen LogP contribution in [-0.2, 0) is 110 Å². The number of anilines is 8. The quantitative estimate of drug-likeness (QED) is 0.0914. The number of nitrogens with one attached hydrogen (secondary N) is 2. The molecule has 1 amide bonds. The molecule has 2 N–H and O–H groups in total. The second-order valence-corrected chi connectivity index (χ2v) is 37.9. The van der Waals surface area contributed by atoms with Crippen molar-refractivity contribution in [1.29, 1.82) is 0 Å². The first-order valence-electron chi connectivity index (χ1n) is 46.8. The SMILES string of the molecule is CCN1CC2CC2(c2ccc(N3CC(=O)N(CC)c4ccccc4C3)cc2)C1.CCN1CC2CC2(c2ccc(N3CCn4cnnc4C3)cc2)C1.CCc1cn2c(n1)N(c1ccc(C34CC3CN(CC)C4)cc1)CCC2.CCc1cn2c(n1)N(c1ccc(C34CNCC3C4)cc1)CCC2.O=C=O.O=C=O.c1cc(C23CNCC2C3)ccc1N1CCn2cnnc2C1. The van der Waals surface area contributed by atoms with Gasteiger partial charge in [-0.05, 0) is 227 Å². The van der Waals surface area contributed by atoms with Crippen LogP contribution >= 0.6 is 0 Å². The number of likely N-dealkylation sites (tertiary alicyclic amines) is 3. The molecule has 5 saturated carbocycles. The first kappa shape index (κ1) is 84.5. The van der Waals surface area contributed by atoms with E-state index >= 15 is 0 Å². The summed E-state index contributed by atoms with van der Waals surface area (Å²) >= 11 is 0. The minimum atomic E-state index is 0.173. The van der Waals surface area contributed by atoms with Crippen LogP contribution in [0.5, 0.6) is 0 Å². The molecule has 0 radical (unpaired) electrons. The Balaban J connectivity index is 0.000000101. The largest absolute Gasteiger partial charge is 0.373 e. The zero-order chi connectivity index (χ0) is 86.5. The Morgan fingerprint density at radius 2 is 0.762 bits per heavy atom. The van der Waals surface area contributed by atoms with Crippen molar-refractivity contribution in [1.82, 2.24) is 74.0 Å². The van der Waals surface area contributed by atoms with E-state index in [1.54, 1.807) is 11.1 Å². The summed E-state index contributed by atoms with van der Waals surface area (Å²) in [6.45, 7) is 40.9. The Bertz CT molecular complexity index is 5550. The van der Waals surface area contributed by atoms with Gasteiger partial charge >= 0.3 is 12.3 Å². The number of amides is 1. The summed E-state index contributed by atoms with van der Waals surface area (Å²) in [5.74, 6) is 8.89. The van der Waals surface area contributed by atoms with Crippen LogP contribution in [0.1, 0.15) is 143 Å². The summed E-state index contributed by atoms with van der Waals surface area (Å²) < 4.78 is 8.92. The van der Waals surface area contributed by atoms with Crippen molar-refractivity contribution >= 4 is 64.2 Å². The van der Waals surface area contributed by atoms with E-state index in [1.807, 2.05) is 30.5 Å². The molecule has 5 aliphatic carbocycles. The Morgan fingerprint density at radius 1 is 0.389 bits per heavy atom. The highest BCUT2D eigenvalue weighted by atomic mass is 16.2. The minimum absolute atomic E-state index is 0.173. The van der Waals surface area contributed by atoms with Gasteiger partial charge in [-0.2, -0.15) is 19.2 Å². The van der Waals surface area contributed by atoms with Crippen molar-refractivity contribution in [2.45, 2.75) is 172 Å². The van der Waals surface area contributed by atoms with Crippen molar-refractivity contribution < 1.29 is 24.0 Å². The van der Waals surface area contributed by atoms with Gasteiger partial charge < -0.3 is 73.0 Å². The molecule has 4 aromatic heterocycles. The summed E-state index contributed by atoms with van der Waals surface area (Å²) in [6, 6.07) is 54.7. The van der Waals surface area contributed by atoms with E-state index in [9.17, 15) is 4.79 Å². The normalized spacial score (nSPS) is 27.3. The van der Waals surface area contributed by atoms with Gasteiger partial charge in [0, 0.05) is 191 Å². The van der Waals surface area contributed by atoms with E-state index in [0.717, 1.165) is 169 Å². The number of rotatable bonds is 16. The first-order chi connectivity index (χ1) is 61.6. The average molecular weight is 1700 g/mol. The molecule has 25 rings (SSSR count). The lowest BCUT2D eigenvalue weighted by Gasteiger charge is -2.29. The molecule has 0 bridgehead atoms. The molecule has 10 unspecified atom stereocenters. The maximum atomic E-state index is 12.9. The van der Waals surface area contributed by atoms with Gasteiger partial charge in [-0.3, -0.25) is 4.79 Å². The van der Waals surface area contributed by atoms with Crippen LogP contribution in [0.25, 0.3) is 0 Å². The highest BCUT2D eigenvalue weighted by Crippen LogP contribution is 2.62. The molecule has 26 heteroatoms. The van der Waals surface area contributed by atoms with Crippen LogP contribution in [0.4, 0.5) is 46.0 Å². The molecule has 10 aliphatic heterocycles. The lowest BCUT2D eigenvalue weighted by Crippen LogP contribution is -2.37. The topological polar surface area (TPSA) is 236 Å². The van der Waals surface area contributed by atoms with Crippen LogP contribution in [0, 0.1) is 29.6 Å². The number of para-hydroxylation sites is 1. The van der Waals surface area contributed by atoms with Gasteiger partial charge in [0.1, 0.15) is 12.7 Å². The highest BCUT2D eigenvalue weighted by Gasteiger charge is 2.63. The van der Waals surface area contributed by atoms with E-state index < -0.39 is 0 Å². The Morgan fingerprint density at radius 3 is 1.12 bits per heavy atom. The molecule has 15 aliphatic rings. The average Bonchev–Trinajstić information content (AvgIpc) is 1.56. The molecule has 658 valence electrons. The number of aromatic nitrogens is 10. The fourth-order valence-corrected chi connectivity index (χ4v) is 23.5. The molecular weight excluding hydrogens is 1580 g/mol. The van der Waals surface area contributed by atoms with Crippen molar-refractivity contribution in [2.24, 2.45) is 29.6 Å². The molecule has 10 fully saturated rings. The van der Waals surface area contributed by atoms with Gasteiger partial charge in [0.15, 0.2) is 11.6 Å². The number of fused-ring (bicyclic) bond motifs is 10. The molecule has 5 saturated heterocycles. The summed E-state index contributed by atoms with van der Waals surface area (Å²) in [5, 5.41) is 23.5. The van der Waals surface area contributed by atoms with E-state index in [1.165, 1.54) is 167 Å². The number of benzene rings is 6. The van der Waals surface area contributed by atoms with Crippen molar-refractivity contribution in [2.75, 3.05) is 154 Å². The van der Waals surface area contributed by atoms with Gasteiger partial charge in [0.2, 0.25) is 17.8 Å². The van der Waals surface area contributed by atoms with E-state index in [4.69, 9.17) is 29.1 Å². The molecule has 6 aromatic carbocycles. The molecule has 14 heterocycles. The molecular formula is C100H123N21O5. The van der Waals surface area contributed by atoms with Gasteiger partial charge in [0.25, 0.3) is 0 Å². The van der Waals surface area contributed by atoms with Gasteiger partial charge in [-0.25, -0.2) is 9.97 Å². The molecule has 10 aromatic rings. The number of piperidine rings is 5. The number of nitrogens with zero attached hydrogens (tertiary/aromatic N) is 19. The van der Waals surface area contributed by atoms with Crippen molar-refractivity contribution in [3.8, 4) is 0 Å². The fraction of sp³-hybridized carbons (Fsp3) is 0.510. The molecule has 26 nitrogen and oxygen atoms in total. The third kappa shape index (κ3) is 16.2. The summed E-state index contributed by atoms with van der Waals surface area (Å²) in [4.78, 5) is 76.5. The Hall–Kier alpha value is -10.9. The standard InChI is InChI=1S/C24H29N3O.C21H28N4.C19H24N4.C18H23N5.C16H19N5.2CO2/c1-3-25-15-20-13-24(20,17-25)19-9-11-21(12-10-19)26-14-18-7-5-6-8-22(18)27(4-2)23(28)16-26;1-3-18-14-24-10-5-11-25(20(24)22-18)19-8-6-16(7-9-19)21-12-17(21)13-23(4-2)15-21;1-2-16-12-22-8-3-9-23(18(22)21-16)17-6-4-14(5-7-17)19-10-15(19)11-20-13-19;1-2-21-10-15-9-18(15,12-21)14-3-5-16(6-4-14)22-7-8-23-13-19-20-17(23)11-22;1-3-14(20-5-6-21-11-18-19-15(21)9-20)4-2-12(1)16-7-13(16)8-17-10-16;2*2-1-3/h5-12,20H,3-4,13-17H2,1-2H3;6-9,14,17H,3-5,10-13,15H2,1-2H3;4-7,12,15,20H,2-3,8-11,13H2,1H3;3-6,13,15H,2,7-12H2,1H3;1-4,11,13,17H,5-10H2;;. The number of likely N-dealkylation sites (N-methyl/N-ethyl adjacent to an activating group) is 4. The van der Waals surface area contributed by atoms with Gasteiger partial charge in [-0.15, -0.1) is 20.4 Å². The maximum Gasteiger partial charge on any atom is 0.373 e. The molecule has 126 heavy (non-hydrogen) atoms. The minimum Gasteiger partial charge on any atom is -0.362 e. The second kappa shape index (κ2) is 35.4. The van der Waals surface area contributed by atoms with E-state index in [2.05, 4.69) is 275 Å². The summed E-state index contributed by atoms with van der Waals surface area (Å²) in [7, 11) is 0. The summed E-state index contributed by atoms with van der Waals surface area (Å²) in [6.07, 6.45) is 19.8. The zero-order valence-corrected chi connectivity index (χ0v) is 74.3. The fourth-order valence-electron chi connectivity index (χ4n) is 23.5.